The van der Waals surface area contributed by atoms with Gasteiger partial charge in [0.05, 0.1) is 0 Å². The van der Waals surface area contributed by atoms with Crippen LogP contribution in [-0.4, -0.2) is 34.2 Å². The van der Waals surface area contributed by atoms with Crippen molar-refractivity contribution in [3.63, 3.8) is 0 Å². The number of phenols is 1. The molecule has 0 radical (unpaired) electrons. The van der Waals surface area contributed by atoms with Gasteiger partial charge in [0.1, 0.15) is 11.8 Å². The molecule has 1 rings (SSSR count). The van der Waals surface area contributed by atoms with Crippen molar-refractivity contribution >= 4 is 5.97 Å². The molecule has 0 aliphatic rings. The summed E-state index contributed by atoms with van der Waals surface area (Å²) in [6.45, 7) is 5.54. The van der Waals surface area contributed by atoms with Crippen LogP contribution in [0.3, 0.4) is 0 Å². The molecule has 1 aromatic rings. The predicted molar refractivity (Wildman–Crippen MR) is 70.6 cm³/mol. The molecule has 2 N–H and O–H groups in total. The van der Waals surface area contributed by atoms with Crippen LogP contribution in [0.15, 0.2) is 24.3 Å². The van der Waals surface area contributed by atoms with Crippen molar-refractivity contribution in [2.24, 2.45) is 0 Å². The number of benzene rings is 1. The average molecular weight is 251 g/mol. The molecule has 1 aromatic carbocycles. The molecule has 4 nitrogen and oxygen atoms in total. The third-order valence-electron chi connectivity index (χ3n) is 2.81. The Bertz CT molecular complexity index is 386. The first-order chi connectivity index (χ1) is 8.60. The summed E-state index contributed by atoms with van der Waals surface area (Å²) >= 11 is 0. The largest absolute Gasteiger partial charge is 0.508 e. The summed E-state index contributed by atoms with van der Waals surface area (Å²) in [5.74, 6) is -0.769. The Labute approximate surface area is 108 Å². The van der Waals surface area contributed by atoms with Crippen LogP contribution in [0, 0.1) is 0 Å². The molecule has 0 aliphatic heterocycles. The lowest BCUT2D eigenvalue weighted by Gasteiger charge is -2.28. The lowest BCUT2D eigenvalue weighted by atomic mass is 10.0. The highest BCUT2D eigenvalue weighted by molar-refractivity contribution is 5.75. The number of hydrogen-bond acceptors (Lipinski definition) is 3. The molecule has 0 saturated heterocycles. The summed E-state index contributed by atoms with van der Waals surface area (Å²) in [5.41, 5.74) is 0.629. The lowest BCUT2D eigenvalue weighted by molar-refractivity contribution is -0.143. The molecule has 0 spiro atoms. The molecule has 0 heterocycles. The lowest BCUT2D eigenvalue weighted by Crippen LogP contribution is -2.35. The van der Waals surface area contributed by atoms with Crippen molar-refractivity contribution in [1.82, 2.24) is 4.90 Å². The number of rotatable bonds is 7. The van der Waals surface area contributed by atoms with E-state index in [1.54, 1.807) is 18.2 Å². The molecule has 100 valence electrons. The summed E-state index contributed by atoms with van der Waals surface area (Å²) in [7, 11) is 0. The fraction of sp³-hybridized carbons (Fsp3) is 0.500. The normalized spacial score (nSPS) is 12.6. The van der Waals surface area contributed by atoms with Crippen molar-refractivity contribution in [3.05, 3.63) is 29.8 Å². The first kappa shape index (κ1) is 14.5. The van der Waals surface area contributed by atoms with E-state index in [1.807, 2.05) is 18.7 Å². The Morgan fingerprint density at radius 1 is 1.28 bits per heavy atom. The third-order valence-corrected chi connectivity index (χ3v) is 2.81. The van der Waals surface area contributed by atoms with Gasteiger partial charge in [-0.1, -0.05) is 26.0 Å². The number of hydrogen-bond donors (Lipinski definition) is 2. The summed E-state index contributed by atoms with van der Waals surface area (Å²) in [5, 5.41) is 18.9. The molecular weight excluding hydrogens is 230 g/mol. The maximum Gasteiger partial charge on any atom is 0.325 e. The van der Waals surface area contributed by atoms with Gasteiger partial charge in [0.25, 0.3) is 0 Å². The molecule has 4 heteroatoms. The third kappa shape index (κ3) is 3.74. The minimum absolute atomic E-state index is 0.103. The van der Waals surface area contributed by atoms with Crippen molar-refractivity contribution in [1.29, 1.82) is 0 Å². The Balaban J connectivity index is 3.03. The Morgan fingerprint density at radius 3 is 2.33 bits per heavy atom. The predicted octanol–water partition coefficient (Wildman–Crippen LogP) is 2.64. The van der Waals surface area contributed by atoms with E-state index in [1.165, 1.54) is 6.07 Å². The van der Waals surface area contributed by atoms with Crippen LogP contribution in [0.4, 0.5) is 0 Å². The molecule has 0 saturated carbocycles. The number of carboxylic acids is 1. The standard InChI is InChI=1S/C14H21NO3/c1-3-8-15(9-4-2)13(14(17)18)11-6-5-7-12(16)10-11/h5-7,10,13,16H,3-4,8-9H2,1-2H3,(H,17,18). The van der Waals surface area contributed by atoms with Crippen LogP contribution in [-0.2, 0) is 4.79 Å². The van der Waals surface area contributed by atoms with Crippen molar-refractivity contribution in [2.75, 3.05) is 13.1 Å². The Hall–Kier alpha value is -1.55. The molecular formula is C14H21NO3. The summed E-state index contributed by atoms with van der Waals surface area (Å²) in [6, 6.07) is 5.81. The highest BCUT2D eigenvalue weighted by Crippen LogP contribution is 2.24. The highest BCUT2D eigenvalue weighted by atomic mass is 16.4. The van der Waals surface area contributed by atoms with Gasteiger partial charge >= 0.3 is 5.97 Å². The van der Waals surface area contributed by atoms with Crippen LogP contribution in [0.2, 0.25) is 0 Å². The smallest absolute Gasteiger partial charge is 0.325 e. The van der Waals surface area contributed by atoms with Gasteiger partial charge in [-0.15, -0.1) is 0 Å². The number of carboxylic acid groups (broad SMARTS) is 1. The van der Waals surface area contributed by atoms with E-state index in [2.05, 4.69) is 0 Å². The van der Waals surface area contributed by atoms with E-state index < -0.39 is 12.0 Å². The van der Waals surface area contributed by atoms with Crippen LogP contribution in [0.1, 0.15) is 38.3 Å². The first-order valence-electron chi connectivity index (χ1n) is 6.35. The van der Waals surface area contributed by atoms with E-state index in [9.17, 15) is 15.0 Å². The number of aromatic hydroxyl groups is 1. The van der Waals surface area contributed by atoms with Crippen LogP contribution in [0.5, 0.6) is 5.75 Å². The Kier molecular flexibility index (Phi) is 5.65. The number of nitrogens with zero attached hydrogens (tertiary/aromatic N) is 1. The second-order valence-corrected chi connectivity index (χ2v) is 4.37. The second-order valence-electron chi connectivity index (χ2n) is 4.37. The zero-order chi connectivity index (χ0) is 13.5. The van der Waals surface area contributed by atoms with Crippen molar-refractivity contribution in [2.45, 2.75) is 32.7 Å². The van der Waals surface area contributed by atoms with Gasteiger partial charge in [0.15, 0.2) is 0 Å². The quantitative estimate of drug-likeness (QED) is 0.782. The SMILES string of the molecule is CCCN(CCC)C(C(=O)O)c1cccc(O)c1. The highest BCUT2D eigenvalue weighted by Gasteiger charge is 2.26. The molecule has 1 unspecified atom stereocenters. The van der Waals surface area contributed by atoms with Gasteiger partial charge in [-0.2, -0.15) is 0 Å². The monoisotopic (exact) mass is 251 g/mol. The molecule has 0 amide bonds. The molecule has 0 aliphatic carbocycles. The molecule has 0 fully saturated rings. The Morgan fingerprint density at radius 2 is 1.89 bits per heavy atom. The van der Waals surface area contributed by atoms with Gasteiger partial charge in [-0.3, -0.25) is 9.69 Å². The summed E-state index contributed by atoms with van der Waals surface area (Å²) in [4.78, 5) is 13.4. The molecule has 18 heavy (non-hydrogen) atoms. The fourth-order valence-electron chi connectivity index (χ4n) is 2.15. The number of carbonyl (C=O) groups is 1. The van der Waals surface area contributed by atoms with Crippen LogP contribution in [0.25, 0.3) is 0 Å². The summed E-state index contributed by atoms with van der Waals surface area (Å²) < 4.78 is 0. The number of phenolic OH excluding ortho intramolecular Hbond substituents is 1. The van der Waals surface area contributed by atoms with Crippen molar-refractivity contribution < 1.29 is 15.0 Å². The van der Waals surface area contributed by atoms with Gasteiger partial charge in [-0.25, -0.2) is 0 Å². The molecule has 0 aromatic heterocycles. The van der Waals surface area contributed by atoms with E-state index in [0.717, 1.165) is 25.9 Å². The topological polar surface area (TPSA) is 60.8 Å². The van der Waals surface area contributed by atoms with Gasteiger partial charge in [0, 0.05) is 0 Å². The molecule has 0 bridgehead atoms. The van der Waals surface area contributed by atoms with Crippen LogP contribution < -0.4 is 0 Å². The number of aliphatic carboxylic acids is 1. The zero-order valence-corrected chi connectivity index (χ0v) is 11.0. The molecule has 1 atom stereocenters. The maximum atomic E-state index is 11.5. The van der Waals surface area contributed by atoms with Gasteiger partial charge in [0.2, 0.25) is 0 Å². The first-order valence-corrected chi connectivity index (χ1v) is 6.35. The van der Waals surface area contributed by atoms with Gasteiger partial charge < -0.3 is 10.2 Å². The average Bonchev–Trinajstić information content (AvgIpc) is 2.29. The van der Waals surface area contributed by atoms with Crippen molar-refractivity contribution in [3.8, 4) is 5.75 Å². The van der Waals surface area contributed by atoms with E-state index in [0.29, 0.717) is 5.56 Å². The maximum absolute atomic E-state index is 11.5. The zero-order valence-electron chi connectivity index (χ0n) is 11.0. The minimum Gasteiger partial charge on any atom is -0.508 e. The summed E-state index contributed by atoms with van der Waals surface area (Å²) in [6.07, 6.45) is 1.81. The second kappa shape index (κ2) is 7.01. The fourth-order valence-corrected chi connectivity index (χ4v) is 2.15. The minimum atomic E-state index is -0.873. The van der Waals surface area contributed by atoms with Gasteiger partial charge in [-0.05, 0) is 43.6 Å². The van der Waals surface area contributed by atoms with E-state index in [-0.39, 0.29) is 5.75 Å². The van der Waals surface area contributed by atoms with E-state index in [4.69, 9.17) is 0 Å². The van der Waals surface area contributed by atoms with Crippen LogP contribution >= 0.6 is 0 Å². The van der Waals surface area contributed by atoms with E-state index >= 15 is 0 Å².